The summed E-state index contributed by atoms with van der Waals surface area (Å²) in [6, 6.07) is 10.5. The van der Waals surface area contributed by atoms with Gasteiger partial charge >= 0.3 is 0 Å². The predicted octanol–water partition coefficient (Wildman–Crippen LogP) is 5.19. The minimum atomic E-state index is -0.367. The van der Waals surface area contributed by atoms with Crippen LogP contribution in [0.25, 0.3) is 0 Å². The number of alkyl halides is 3. The maximum absolute atomic E-state index is 11.1. The maximum Gasteiger partial charge on any atom is 0.113 e. The first-order valence-corrected chi connectivity index (χ1v) is 6.88. The SMILES string of the molecule is CCC[18F].CCOCC[18F].CCc1ccccc1.C[18F]. The minimum absolute atomic E-state index is 0.181. The smallest absolute Gasteiger partial charge is 0.113 e. The fourth-order valence-corrected chi connectivity index (χ4v) is 0.913. The van der Waals surface area contributed by atoms with E-state index in [0.29, 0.717) is 20.2 Å². The molecule has 0 saturated carbocycles. The van der Waals surface area contributed by atoms with Crippen molar-refractivity contribution < 1.29 is 17.9 Å². The molecule has 0 heterocycles. The molecule has 1 aromatic rings. The average molecular weight is 291 g/mol. The van der Waals surface area contributed by atoms with Crippen molar-refractivity contribution in [3.8, 4) is 0 Å². The summed E-state index contributed by atoms with van der Waals surface area (Å²) in [5, 5.41) is 0. The molecule has 0 amide bonds. The van der Waals surface area contributed by atoms with E-state index >= 15 is 0 Å². The Morgan fingerprint density at radius 2 is 1.40 bits per heavy atom. The van der Waals surface area contributed by atoms with Crippen molar-refractivity contribution in [1.29, 1.82) is 0 Å². The van der Waals surface area contributed by atoms with E-state index in [0.717, 1.165) is 6.42 Å². The Morgan fingerprint density at radius 3 is 1.60 bits per heavy atom. The Kier molecular flexibility index (Phi) is 31.8. The van der Waals surface area contributed by atoms with Gasteiger partial charge in [-0.1, -0.05) is 44.2 Å². The summed E-state index contributed by atoms with van der Waals surface area (Å²) < 4.78 is 35.9. The Hall–Kier alpha value is -1.03. The molecule has 0 spiro atoms. The highest BCUT2D eigenvalue weighted by molar-refractivity contribution is 5.13. The zero-order chi connectivity index (χ0) is 16.1. The molecule has 1 aromatic carbocycles. The first-order valence-electron chi connectivity index (χ1n) is 6.88. The summed E-state index contributed by atoms with van der Waals surface area (Å²) in [7, 11) is 0.500. The van der Waals surface area contributed by atoms with Crippen LogP contribution in [0.2, 0.25) is 0 Å². The van der Waals surface area contributed by atoms with Gasteiger partial charge in [0, 0.05) is 6.61 Å². The Labute approximate surface area is 122 Å². The molecule has 0 aliphatic carbocycles. The van der Waals surface area contributed by atoms with Crippen LogP contribution in [0.15, 0.2) is 30.3 Å². The van der Waals surface area contributed by atoms with E-state index in [-0.39, 0.29) is 20.0 Å². The number of rotatable bonds is 5. The van der Waals surface area contributed by atoms with Crippen molar-refractivity contribution in [1.82, 2.24) is 0 Å². The molecule has 0 N–H and O–H groups in total. The molecule has 0 bridgehead atoms. The first-order chi connectivity index (χ1) is 9.76. The highest BCUT2D eigenvalue weighted by Gasteiger charge is 1.80. The summed E-state index contributed by atoms with van der Waals surface area (Å²) in [5.41, 5.74) is 1.41. The summed E-state index contributed by atoms with van der Waals surface area (Å²) >= 11 is 0. The maximum atomic E-state index is 11.1. The zero-order valence-corrected chi connectivity index (χ0v) is 13.2. The van der Waals surface area contributed by atoms with Crippen LogP contribution in [-0.4, -0.2) is 33.7 Å². The van der Waals surface area contributed by atoms with Crippen LogP contribution in [0, 0.1) is 0 Å². The van der Waals surface area contributed by atoms with Crippen molar-refractivity contribution in [3.63, 3.8) is 0 Å². The molecular formula is C16H29F3O. The molecule has 0 aromatic heterocycles. The quantitative estimate of drug-likeness (QED) is 0.678. The van der Waals surface area contributed by atoms with Crippen molar-refractivity contribution in [2.24, 2.45) is 0 Å². The summed E-state index contributed by atoms with van der Waals surface area (Å²) in [4.78, 5) is 0. The van der Waals surface area contributed by atoms with Crippen LogP contribution < -0.4 is 0 Å². The van der Waals surface area contributed by atoms with Gasteiger partial charge in [0.1, 0.15) is 6.67 Å². The second-order valence-corrected chi connectivity index (χ2v) is 3.41. The zero-order valence-electron chi connectivity index (χ0n) is 13.2. The van der Waals surface area contributed by atoms with Crippen molar-refractivity contribution in [2.45, 2.75) is 33.6 Å². The largest absolute Gasteiger partial charge is 0.379 e. The summed E-state index contributed by atoms with van der Waals surface area (Å²) in [5.74, 6) is 0. The van der Waals surface area contributed by atoms with E-state index < -0.39 is 0 Å². The average Bonchev–Trinajstić information content (AvgIpc) is 2.56. The highest BCUT2D eigenvalue weighted by atomic mass is 18.2. The second-order valence-electron chi connectivity index (χ2n) is 3.41. The summed E-state index contributed by atoms with van der Waals surface area (Å²) in [6.07, 6.45) is 1.79. The molecule has 120 valence electrons. The molecule has 1 nitrogen and oxygen atoms in total. The molecule has 4 heteroatoms. The van der Waals surface area contributed by atoms with Crippen LogP contribution in [0.5, 0.6) is 0 Å². The molecule has 0 radical (unpaired) electrons. The molecular weight excluding hydrogens is 262 g/mol. The lowest BCUT2D eigenvalue weighted by atomic mass is 10.2. The fraction of sp³-hybridized carbons (Fsp3) is 0.625. The van der Waals surface area contributed by atoms with Crippen molar-refractivity contribution >= 4 is 0 Å². The van der Waals surface area contributed by atoms with E-state index in [2.05, 4.69) is 35.9 Å². The van der Waals surface area contributed by atoms with Crippen LogP contribution in [-0.2, 0) is 11.2 Å². The van der Waals surface area contributed by atoms with Gasteiger partial charge in [0.15, 0.2) is 0 Å². The van der Waals surface area contributed by atoms with E-state index in [4.69, 9.17) is 0 Å². The fourth-order valence-electron chi connectivity index (χ4n) is 0.913. The third-order valence-corrected chi connectivity index (χ3v) is 1.87. The highest BCUT2D eigenvalue weighted by Crippen LogP contribution is 1.96. The predicted molar refractivity (Wildman–Crippen MR) is 81.6 cm³/mol. The van der Waals surface area contributed by atoms with Crippen LogP contribution in [0.1, 0.15) is 32.8 Å². The lowest BCUT2D eigenvalue weighted by Gasteiger charge is -1.89. The van der Waals surface area contributed by atoms with E-state index in [1.807, 2.05) is 13.0 Å². The number of benzene rings is 1. The molecule has 0 aliphatic rings. The molecule has 0 atom stereocenters. The van der Waals surface area contributed by atoms with Gasteiger partial charge < -0.3 is 4.74 Å². The molecule has 0 fully saturated rings. The van der Waals surface area contributed by atoms with Gasteiger partial charge in [-0.25, -0.2) is 4.39 Å². The summed E-state index contributed by atoms with van der Waals surface area (Å²) in [6.45, 7) is 6.12. The number of ether oxygens (including phenoxy) is 1. The second kappa shape index (κ2) is 26.5. The third-order valence-electron chi connectivity index (χ3n) is 1.87. The van der Waals surface area contributed by atoms with E-state index in [1.165, 1.54) is 5.56 Å². The van der Waals surface area contributed by atoms with Gasteiger partial charge in [-0.15, -0.1) is 0 Å². The van der Waals surface area contributed by atoms with Gasteiger partial charge in [-0.05, 0) is 25.3 Å². The van der Waals surface area contributed by atoms with E-state index in [9.17, 15) is 13.2 Å². The molecule has 20 heavy (non-hydrogen) atoms. The van der Waals surface area contributed by atoms with Gasteiger partial charge in [0.25, 0.3) is 0 Å². The van der Waals surface area contributed by atoms with Gasteiger partial charge in [-0.2, -0.15) is 0 Å². The number of aryl methyl sites for hydroxylation is 1. The molecule has 1 rings (SSSR count). The minimum Gasteiger partial charge on any atom is -0.379 e. The van der Waals surface area contributed by atoms with Crippen molar-refractivity contribution in [2.75, 3.05) is 33.7 Å². The Bertz CT molecular complexity index is 224. The molecule has 0 unspecified atom stereocenters. The van der Waals surface area contributed by atoms with Crippen LogP contribution in [0.4, 0.5) is 13.2 Å². The van der Waals surface area contributed by atoms with Gasteiger partial charge in [0.05, 0.1) is 20.5 Å². The number of hydrogen-bond donors (Lipinski definition) is 0. The number of hydrogen-bond acceptors (Lipinski definition) is 1. The molecule has 0 saturated heterocycles. The van der Waals surface area contributed by atoms with Crippen molar-refractivity contribution in [3.05, 3.63) is 35.9 Å². The lowest BCUT2D eigenvalue weighted by molar-refractivity contribution is 0.131. The van der Waals surface area contributed by atoms with Crippen LogP contribution in [0.3, 0.4) is 0 Å². The van der Waals surface area contributed by atoms with E-state index in [1.54, 1.807) is 6.92 Å². The normalized spacial score (nSPS) is 8.15. The Morgan fingerprint density at radius 1 is 0.900 bits per heavy atom. The lowest BCUT2D eigenvalue weighted by Crippen LogP contribution is -1.93. The van der Waals surface area contributed by atoms with Crippen LogP contribution >= 0.6 is 0 Å². The van der Waals surface area contributed by atoms with Gasteiger partial charge in [0.2, 0.25) is 0 Å². The number of halogens is 3. The molecule has 0 aliphatic heterocycles. The topological polar surface area (TPSA) is 9.23 Å². The monoisotopic (exact) mass is 291 g/mol. The standard InChI is InChI=1S/C8H10.C4H9FO.C3H7F.CH3F/c1-2-8-6-4-3-5-7-8;1-2-6-4-3-5;1-2-3-4;1-2/h3-7H,2H2,1H3;2-4H2,1H3;2-3H2,1H3;1H3/i;5-1;4-1;2-1. The van der Waals surface area contributed by atoms with Gasteiger partial charge in [-0.3, -0.25) is 8.78 Å². The first kappa shape index (κ1) is 24.0. The third kappa shape index (κ3) is 25.7. The Balaban J connectivity index is -0.000000215.